The number of nitrogens with one attached hydrogen (secondary N) is 1. The van der Waals surface area contributed by atoms with Crippen LogP contribution in [0.5, 0.6) is 0 Å². The molecule has 1 aromatic heterocycles. The number of amides is 1. The third-order valence-electron chi connectivity index (χ3n) is 3.68. The summed E-state index contributed by atoms with van der Waals surface area (Å²) in [6, 6.07) is 0.603. The zero-order valence-electron chi connectivity index (χ0n) is 11.2. The summed E-state index contributed by atoms with van der Waals surface area (Å²) in [4.78, 5) is 12.8. The Morgan fingerprint density at radius 2 is 2.23 bits per heavy atom. The van der Waals surface area contributed by atoms with Crippen molar-refractivity contribution in [3.05, 3.63) is 28.4 Å². The third-order valence-corrected chi connectivity index (χ3v) is 3.98. The first-order valence-electron chi connectivity index (χ1n) is 6.50. The Morgan fingerprint density at radius 1 is 1.50 bits per heavy atom. The van der Waals surface area contributed by atoms with Gasteiger partial charge in [-0.15, -0.1) is 0 Å². The molecular weight excluding hydrogens is 321 g/mol. The van der Waals surface area contributed by atoms with Crippen LogP contribution in [0.3, 0.4) is 0 Å². The van der Waals surface area contributed by atoms with E-state index in [1.165, 1.54) is 6.20 Å². The first kappa shape index (κ1) is 15.1. The van der Waals surface area contributed by atoms with E-state index >= 15 is 0 Å². The maximum atomic E-state index is 12.7. The maximum absolute atomic E-state index is 12.7. The fraction of sp³-hybridized carbons (Fsp3) is 0.385. The summed E-state index contributed by atoms with van der Waals surface area (Å²) in [6.45, 7) is -1.50. The number of fused-ring (bicyclic) bond motifs is 3. The molecule has 118 valence electrons. The third kappa shape index (κ3) is 2.64. The molecule has 0 bridgehead atoms. The number of aromatic nitrogens is 2. The maximum Gasteiger partial charge on any atom is 0.406 e. The molecule has 1 aliphatic rings. The number of nitrogens with zero attached hydrogens (tertiary/aromatic N) is 2. The molecule has 2 aromatic rings. The number of hydrogen-bond donors (Lipinski definition) is 2. The minimum Gasteiger partial charge on any atom is -0.328 e. The Morgan fingerprint density at radius 3 is 2.91 bits per heavy atom. The molecule has 1 amide bonds. The molecule has 9 heteroatoms. The molecule has 0 aliphatic carbocycles. The fourth-order valence-electron chi connectivity index (χ4n) is 2.73. The lowest BCUT2D eigenvalue weighted by Gasteiger charge is -2.24. The van der Waals surface area contributed by atoms with E-state index in [0.717, 1.165) is 4.90 Å². The highest BCUT2D eigenvalue weighted by Crippen LogP contribution is 2.32. The number of H-pyrrole nitrogens is 1. The smallest absolute Gasteiger partial charge is 0.328 e. The summed E-state index contributed by atoms with van der Waals surface area (Å²) in [5, 5.41) is 7.58. The first-order valence-corrected chi connectivity index (χ1v) is 6.88. The lowest BCUT2D eigenvalue weighted by atomic mass is 9.99. The van der Waals surface area contributed by atoms with Crippen LogP contribution in [0.1, 0.15) is 11.1 Å². The zero-order valence-corrected chi connectivity index (χ0v) is 12.0. The van der Waals surface area contributed by atoms with Gasteiger partial charge in [-0.05, 0) is 23.6 Å². The van der Waals surface area contributed by atoms with Crippen molar-refractivity contribution in [1.82, 2.24) is 15.1 Å². The molecule has 1 aromatic carbocycles. The van der Waals surface area contributed by atoms with Gasteiger partial charge in [-0.1, -0.05) is 11.6 Å². The predicted octanol–water partition coefficient (Wildman–Crippen LogP) is 1.99. The van der Waals surface area contributed by atoms with Crippen LogP contribution < -0.4 is 5.73 Å². The van der Waals surface area contributed by atoms with Crippen molar-refractivity contribution in [1.29, 1.82) is 0 Å². The van der Waals surface area contributed by atoms with Crippen LogP contribution in [0.15, 0.2) is 12.3 Å². The average molecular weight is 333 g/mol. The Labute approximate surface area is 128 Å². The number of benzene rings is 1. The van der Waals surface area contributed by atoms with Crippen molar-refractivity contribution in [3.63, 3.8) is 0 Å². The normalized spacial score (nSPS) is 19.4. The summed E-state index contributed by atoms with van der Waals surface area (Å²) in [5.74, 6) is -0.721. The van der Waals surface area contributed by atoms with Gasteiger partial charge in [0.05, 0.1) is 22.8 Å². The molecule has 0 spiro atoms. The molecule has 2 heterocycles. The Kier molecular flexibility index (Phi) is 3.53. The number of nitrogens with two attached hydrogens (primary N) is 1. The van der Waals surface area contributed by atoms with Crippen LogP contribution in [0, 0.1) is 0 Å². The number of rotatable bonds is 1. The van der Waals surface area contributed by atoms with Gasteiger partial charge in [0.15, 0.2) is 0 Å². The molecule has 3 rings (SSSR count). The minimum atomic E-state index is -4.48. The number of carbonyl (C=O) groups excluding carboxylic acids is 1. The van der Waals surface area contributed by atoms with Crippen LogP contribution >= 0.6 is 11.6 Å². The van der Waals surface area contributed by atoms with Gasteiger partial charge in [0.2, 0.25) is 5.91 Å². The van der Waals surface area contributed by atoms with E-state index in [2.05, 4.69) is 10.2 Å². The lowest BCUT2D eigenvalue weighted by Crippen LogP contribution is -2.46. The van der Waals surface area contributed by atoms with E-state index in [-0.39, 0.29) is 13.0 Å². The molecule has 0 fully saturated rings. The average Bonchev–Trinajstić information content (AvgIpc) is 2.85. The first-order chi connectivity index (χ1) is 10.3. The van der Waals surface area contributed by atoms with Crippen molar-refractivity contribution < 1.29 is 18.0 Å². The van der Waals surface area contributed by atoms with Gasteiger partial charge in [-0.25, -0.2) is 0 Å². The van der Waals surface area contributed by atoms with E-state index in [9.17, 15) is 18.0 Å². The molecule has 0 saturated carbocycles. The quantitative estimate of drug-likeness (QED) is 0.838. The van der Waals surface area contributed by atoms with E-state index in [1.807, 2.05) is 0 Å². The van der Waals surface area contributed by atoms with Gasteiger partial charge in [0.25, 0.3) is 0 Å². The van der Waals surface area contributed by atoms with Crippen LogP contribution in [0.2, 0.25) is 5.02 Å². The monoisotopic (exact) mass is 332 g/mol. The minimum absolute atomic E-state index is 0.142. The molecule has 1 atom stereocenters. The molecular formula is C13H12ClF3N4O. The number of aromatic amines is 1. The van der Waals surface area contributed by atoms with Gasteiger partial charge < -0.3 is 10.6 Å². The summed E-state index contributed by atoms with van der Waals surface area (Å²) < 4.78 is 38.1. The van der Waals surface area contributed by atoms with E-state index in [0.29, 0.717) is 27.1 Å². The molecule has 22 heavy (non-hydrogen) atoms. The molecule has 0 radical (unpaired) electrons. The summed E-state index contributed by atoms with van der Waals surface area (Å²) in [5.41, 5.74) is 7.55. The number of halogens is 4. The molecule has 1 unspecified atom stereocenters. The Balaban J connectivity index is 2.11. The predicted molar refractivity (Wildman–Crippen MR) is 74.3 cm³/mol. The fourth-order valence-corrected chi connectivity index (χ4v) is 3.00. The SMILES string of the molecule is NC1Cc2cc(Cl)c3[nH]ncc3c2CN(CC(F)(F)F)C1=O. The largest absolute Gasteiger partial charge is 0.406 e. The van der Waals surface area contributed by atoms with Crippen molar-refractivity contribution in [2.75, 3.05) is 6.54 Å². The van der Waals surface area contributed by atoms with Crippen LogP contribution in [-0.2, 0) is 17.8 Å². The van der Waals surface area contributed by atoms with Crippen molar-refractivity contribution in [3.8, 4) is 0 Å². The summed E-state index contributed by atoms with van der Waals surface area (Å²) in [6.07, 6.45) is -2.85. The van der Waals surface area contributed by atoms with Crippen molar-refractivity contribution >= 4 is 28.4 Å². The Hall–Kier alpha value is -1.80. The number of hydrogen-bond acceptors (Lipinski definition) is 3. The van der Waals surface area contributed by atoms with Crippen LogP contribution in [0.4, 0.5) is 13.2 Å². The van der Waals surface area contributed by atoms with Gasteiger partial charge in [0, 0.05) is 11.9 Å². The molecule has 5 nitrogen and oxygen atoms in total. The summed E-state index contributed by atoms with van der Waals surface area (Å²) >= 11 is 6.13. The lowest BCUT2D eigenvalue weighted by molar-refractivity contribution is -0.162. The zero-order chi connectivity index (χ0) is 16.1. The van der Waals surface area contributed by atoms with Crippen molar-refractivity contribution in [2.24, 2.45) is 5.73 Å². The highest BCUT2D eigenvalue weighted by molar-refractivity contribution is 6.35. The Bertz CT molecular complexity index is 743. The van der Waals surface area contributed by atoms with Gasteiger partial charge in [0.1, 0.15) is 6.54 Å². The van der Waals surface area contributed by atoms with Crippen LogP contribution in [-0.4, -0.2) is 39.8 Å². The molecule has 3 N–H and O–H groups in total. The van der Waals surface area contributed by atoms with E-state index < -0.39 is 24.7 Å². The van der Waals surface area contributed by atoms with E-state index in [1.54, 1.807) is 6.07 Å². The van der Waals surface area contributed by atoms with E-state index in [4.69, 9.17) is 17.3 Å². The second kappa shape index (κ2) is 5.13. The topological polar surface area (TPSA) is 75.0 Å². The molecule has 1 aliphatic heterocycles. The number of alkyl halides is 3. The summed E-state index contributed by atoms with van der Waals surface area (Å²) in [7, 11) is 0. The molecule has 0 saturated heterocycles. The van der Waals surface area contributed by atoms with Gasteiger partial charge in [-0.2, -0.15) is 18.3 Å². The second-order valence-corrected chi connectivity index (χ2v) is 5.68. The van der Waals surface area contributed by atoms with Crippen LogP contribution in [0.25, 0.3) is 10.9 Å². The van der Waals surface area contributed by atoms with Gasteiger partial charge in [-0.3, -0.25) is 9.89 Å². The number of carbonyl (C=O) groups is 1. The highest BCUT2D eigenvalue weighted by Gasteiger charge is 2.37. The highest BCUT2D eigenvalue weighted by atomic mass is 35.5. The second-order valence-electron chi connectivity index (χ2n) is 5.27. The van der Waals surface area contributed by atoms with Gasteiger partial charge >= 0.3 is 6.18 Å². The van der Waals surface area contributed by atoms with Crippen molar-refractivity contribution in [2.45, 2.75) is 25.2 Å². The standard InChI is InChI=1S/C13H12ClF3N4O/c14-9-1-6-2-10(18)12(22)21(5-13(15,16)17)4-8(6)7-3-19-20-11(7)9/h1,3,10H,2,4-5,18H2,(H,19,20).